The molecule has 0 saturated heterocycles. The molecular formula is C38H74O6S3Sn. The zero-order valence-corrected chi connectivity index (χ0v) is 37.9. The molecule has 48 heavy (non-hydrogen) atoms. The third-order valence-electron chi connectivity index (χ3n) is 9.23. The fourth-order valence-electron chi connectivity index (χ4n) is 5.64. The second-order valence-electron chi connectivity index (χ2n) is 13.4. The molecule has 0 fully saturated rings. The van der Waals surface area contributed by atoms with Gasteiger partial charge in [-0.15, -0.1) is 0 Å². The standard InChI is InChI=1S/C18H36O2S.2C10H20O2S.Sn.H/c1-5-9-12-15(8-4)14-20-18(19)17(21)16(11-7-3)13-10-6-2;2*1-3-5-6-9(4-2)7-12-10(11)8-13;;/h15-17,21H,5-14H2,1-4H3;2*9,13H,3-8H2,1-2H3;;/q;;;+3;/p-3/t15-,16+,17-;2*9-;;/m010../s1. The molecule has 0 heterocycles. The summed E-state index contributed by atoms with van der Waals surface area (Å²) >= 11 is -2.84. The summed E-state index contributed by atoms with van der Waals surface area (Å²) < 4.78 is 17.6. The van der Waals surface area contributed by atoms with Gasteiger partial charge in [-0.2, -0.15) is 0 Å². The molecule has 6 nitrogen and oxygen atoms in total. The normalized spacial score (nSPS) is 15.2. The van der Waals surface area contributed by atoms with E-state index in [9.17, 15) is 14.4 Å². The second kappa shape index (κ2) is 33.1. The first kappa shape index (κ1) is 48.3. The van der Waals surface area contributed by atoms with Crippen molar-refractivity contribution in [1.82, 2.24) is 0 Å². The molecule has 0 aromatic heterocycles. The molecule has 0 amide bonds. The summed E-state index contributed by atoms with van der Waals surface area (Å²) in [6.45, 7) is 18.9. The molecule has 284 valence electrons. The van der Waals surface area contributed by atoms with Crippen LogP contribution in [0.3, 0.4) is 0 Å². The molecule has 0 bridgehead atoms. The minimum absolute atomic E-state index is 0.0963. The first-order valence-electron chi connectivity index (χ1n) is 19.6. The molecule has 1 unspecified atom stereocenters. The van der Waals surface area contributed by atoms with E-state index in [1.54, 1.807) is 26.8 Å². The van der Waals surface area contributed by atoms with Gasteiger partial charge < -0.3 is 0 Å². The monoisotopic (exact) mass is 842 g/mol. The van der Waals surface area contributed by atoms with Crippen LogP contribution in [0, 0.1) is 23.7 Å². The Balaban J connectivity index is 5.84. The molecule has 0 aliphatic heterocycles. The van der Waals surface area contributed by atoms with E-state index < -0.39 is 15.6 Å². The third-order valence-corrected chi connectivity index (χ3v) is 39.0. The van der Waals surface area contributed by atoms with Gasteiger partial charge in [-0.1, -0.05) is 0 Å². The van der Waals surface area contributed by atoms with Crippen LogP contribution in [-0.2, 0) is 28.6 Å². The Hall–Kier alpha value is 0.259. The Kier molecular flexibility index (Phi) is 33.3. The van der Waals surface area contributed by atoms with E-state index in [0.717, 1.165) is 109 Å². The van der Waals surface area contributed by atoms with Crippen molar-refractivity contribution < 1.29 is 28.6 Å². The van der Waals surface area contributed by atoms with E-state index in [4.69, 9.17) is 14.2 Å². The molecular weight excluding hydrogens is 767 g/mol. The summed E-state index contributed by atoms with van der Waals surface area (Å²) in [6.07, 6.45) is 18.3. The molecule has 0 aromatic carbocycles. The van der Waals surface area contributed by atoms with Crippen molar-refractivity contribution in [2.45, 2.75) is 170 Å². The van der Waals surface area contributed by atoms with Gasteiger partial charge in [-0.25, -0.2) is 0 Å². The molecule has 6 atom stereocenters. The molecule has 10 heteroatoms. The number of carbonyl (C=O) groups excluding carboxylic acids is 3. The Morgan fingerprint density at radius 3 is 1.29 bits per heavy atom. The fourth-order valence-corrected chi connectivity index (χ4v) is 34.6. The Labute approximate surface area is 311 Å². The van der Waals surface area contributed by atoms with Gasteiger partial charge in [0.15, 0.2) is 0 Å². The third kappa shape index (κ3) is 24.4. The van der Waals surface area contributed by atoms with Crippen LogP contribution in [0.4, 0.5) is 0 Å². The first-order valence-corrected chi connectivity index (χ1v) is 34.7. The van der Waals surface area contributed by atoms with E-state index in [1.807, 2.05) is 0 Å². The Morgan fingerprint density at radius 1 is 0.521 bits per heavy atom. The van der Waals surface area contributed by atoms with Gasteiger partial charge in [-0.3, -0.25) is 0 Å². The summed E-state index contributed by atoms with van der Waals surface area (Å²) in [6, 6.07) is 0. The number of carbonyl (C=O) groups is 3. The molecule has 0 saturated carbocycles. The van der Waals surface area contributed by atoms with E-state index in [2.05, 4.69) is 55.4 Å². The van der Waals surface area contributed by atoms with Crippen LogP contribution in [0.5, 0.6) is 0 Å². The maximum absolute atomic E-state index is 13.9. The Bertz CT molecular complexity index is 768. The van der Waals surface area contributed by atoms with Crippen LogP contribution in [0.2, 0.25) is 0 Å². The van der Waals surface area contributed by atoms with Gasteiger partial charge in [0, 0.05) is 0 Å². The minimum atomic E-state index is -2.84. The van der Waals surface area contributed by atoms with Gasteiger partial charge in [0.05, 0.1) is 0 Å². The summed E-state index contributed by atoms with van der Waals surface area (Å²) in [7, 11) is 5.14. The number of unbranched alkanes of at least 4 members (excludes halogenated alkanes) is 4. The first-order chi connectivity index (χ1) is 23.2. The van der Waals surface area contributed by atoms with Gasteiger partial charge in [0.2, 0.25) is 0 Å². The molecule has 0 spiro atoms. The summed E-state index contributed by atoms with van der Waals surface area (Å²) in [4.78, 5) is 39.8. The molecule has 0 aromatic rings. The van der Waals surface area contributed by atoms with Gasteiger partial charge >= 0.3 is 314 Å². The van der Waals surface area contributed by atoms with E-state index in [0.29, 0.717) is 37.6 Å². The van der Waals surface area contributed by atoms with Crippen LogP contribution in [0.15, 0.2) is 0 Å². The SMILES string of the molecule is CCCC[C@@H](CC)COC(=O)C[S][SnH]([S]CC(=O)OC[C@@H](CC)CCCC)[S][C@H](C(=O)OC[C@@H](CC)CCCC)[C@H](CCC)CCCC. The number of hydrogen-bond donors (Lipinski definition) is 0. The quantitative estimate of drug-likeness (QED) is 0.0365. The second-order valence-corrected chi connectivity index (χ2v) is 40.6. The van der Waals surface area contributed by atoms with E-state index >= 15 is 0 Å². The number of hydrogen-bond acceptors (Lipinski definition) is 9. The van der Waals surface area contributed by atoms with Crippen molar-refractivity contribution >= 4 is 60.4 Å². The van der Waals surface area contributed by atoms with Crippen molar-refractivity contribution in [3.05, 3.63) is 0 Å². The molecule has 0 rings (SSSR count). The summed E-state index contributed by atoms with van der Waals surface area (Å²) in [5, 5.41) is -0.259. The number of esters is 3. The maximum atomic E-state index is 13.9. The van der Waals surface area contributed by atoms with Crippen molar-refractivity contribution in [3.8, 4) is 0 Å². The fraction of sp³-hybridized carbons (Fsp3) is 0.921. The van der Waals surface area contributed by atoms with Crippen molar-refractivity contribution in [1.29, 1.82) is 0 Å². The van der Waals surface area contributed by atoms with Crippen molar-refractivity contribution in [3.63, 3.8) is 0 Å². The molecule has 0 aliphatic rings. The molecule has 0 N–H and O–H groups in total. The molecule has 0 aliphatic carbocycles. The summed E-state index contributed by atoms with van der Waals surface area (Å²) in [5.41, 5.74) is 0. The van der Waals surface area contributed by atoms with Crippen LogP contribution >= 0.6 is 26.8 Å². The van der Waals surface area contributed by atoms with E-state index in [1.165, 1.54) is 0 Å². The van der Waals surface area contributed by atoms with Crippen molar-refractivity contribution in [2.75, 3.05) is 31.3 Å². The van der Waals surface area contributed by atoms with Crippen molar-refractivity contribution in [2.24, 2.45) is 23.7 Å². The molecule has 0 radical (unpaired) electrons. The van der Waals surface area contributed by atoms with Crippen LogP contribution in [0.25, 0.3) is 0 Å². The topological polar surface area (TPSA) is 78.9 Å². The van der Waals surface area contributed by atoms with Gasteiger partial charge in [-0.05, 0) is 0 Å². The van der Waals surface area contributed by atoms with Crippen LogP contribution < -0.4 is 0 Å². The zero-order valence-electron chi connectivity index (χ0n) is 32.2. The number of rotatable bonds is 33. The van der Waals surface area contributed by atoms with Gasteiger partial charge in [0.25, 0.3) is 0 Å². The van der Waals surface area contributed by atoms with Crippen LogP contribution in [0.1, 0.15) is 165 Å². The number of ether oxygens (including phenoxy) is 3. The predicted octanol–water partition coefficient (Wildman–Crippen LogP) is 11.2. The summed E-state index contributed by atoms with van der Waals surface area (Å²) in [5.74, 6) is 1.52. The average molecular weight is 842 g/mol. The Morgan fingerprint density at radius 2 is 0.917 bits per heavy atom. The zero-order chi connectivity index (χ0) is 36.0. The van der Waals surface area contributed by atoms with E-state index in [-0.39, 0.29) is 40.6 Å². The predicted molar refractivity (Wildman–Crippen MR) is 214 cm³/mol. The van der Waals surface area contributed by atoms with Crippen LogP contribution in [-0.4, -0.2) is 70.1 Å². The van der Waals surface area contributed by atoms with Gasteiger partial charge in [0.1, 0.15) is 0 Å². The average Bonchev–Trinajstić information content (AvgIpc) is 3.09.